The molecule has 3 aromatic carbocycles. The van der Waals surface area contributed by atoms with Gasteiger partial charge in [-0.1, -0.05) is 70.5 Å². The van der Waals surface area contributed by atoms with Crippen LogP contribution in [0.5, 0.6) is 0 Å². The van der Waals surface area contributed by atoms with E-state index < -0.39 is 0 Å². The van der Waals surface area contributed by atoms with E-state index in [4.69, 9.17) is 5.73 Å². The average Bonchev–Trinajstić information content (AvgIpc) is 2.51. The van der Waals surface area contributed by atoms with Crippen LogP contribution in [0.1, 0.15) is 5.56 Å². The molecule has 2 nitrogen and oxygen atoms in total. The van der Waals surface area contributed by atoms with Gasteiger partial charge in [-0.15, -0.1) is 0 Å². The van der Waals surface area contributed by atoms with E-state index in [1.807, 2.05) is 54.6 Å². The summed E-state index contributed by atoms with van der Waals surface area (Å²) < 4.78 is 1.06. The molecule has 0 saturated carbocycles. The van der Waals surface area contributed by atoms with Crippen LogP contribution in [0.15, 0.2) is 76.2 Å². The van der Waals surface area contributed by atoms with Gasteiger partial charge in [-0.2, -0.15) is 0 Å². The summed E-state index contributed by atoms with van der Waals surface area (Å²) in [5, 5.41) is 2.22. The number of hydrogen-bond donors (Lipinski definition) is 1. The molecule has 3 rings (SSSR count). The van der Waals surface area contributed by atoms with Crippen molar-refractivity contribution in [3.63, 3.8) is 0 Å². The molecule has 0 heterocycles. The Hall–Kier alpha value is -2.13. The van der Waals surface area contributed by atoms with Crippen LogP contribution in [0.25, 0.3) is 10.8 Å². The van der Waals surface area contributed by atoms with Crippen molar-refractivity contribution in [3.8, 4) is 0 Å². The number of fused-ring (bicyclic) bond motifs is 1. The van der Waals surface area contributed by atoms with Crippen LogP contribution in [-0.2, 0) is 0 Å². The summed E-state index contributed by atoms with van der Waals surface area (Å²) >= 11 is 3.56. The first-order valence-electron chi connectivity index (χ1n) is 6.32. The van der Waals surface area contributed by atoms with Gasteiger partial charge in [0.1, 0.15) is 5.84 Å². The van der Waals surface area contributed by atoms with Crippen LogP contribution in [0.4, 0.5) is 5.69 Å². The lowest BCUT2D eigenvalue weighted by molar-refractivity contribution is 1.47. The van der Waals surface area contributed by atoms with Crippen molar-refractivity contribution in [3.05, 3.63) is 76.8 Å². The van der Waals surface area contributed by atoms with Crippen molar-refractivity contribution in [1.29, 1.82) is 0 Å². The highest BCUT2D eigenvalue weighted by atomic mass is 79.9. The number of rotatable bonds is 2. The number of benzene rings is 3. The summed E-state index contributed by atoms with van der Waals surface area (Å²) in [7, 11) is 0. The van der Waals surface area contributed by atoms with Gasteiger partial charge >= 0.3 is 0 Å². The van der Waals surface area contributed by atoms with Gasteiger partial charge in [0.15, 0.2) is 0 Å². The monoisotopic (exact) mass is 324 g/mol. The Morgan fingerprint density at radius 2 is 1.45 bits per heavy atom. The molecule has 0 radical (unpaired) electrons. The summed E-state index contributed by atoms with van der Waals surface area (Å²) in [6, 6.07) is 21.9. The topological polar surface area (TPSA) is 38.4 Å². The highest BCUT2D eigenvalue weighted by Crippen LogP contribution is 2.31. The van der Waals surface area contributed by atoms with Gasteiger partial charge in [0.25, 0.3) is 0 Å². The minimum absolute atomic E-state index is 0.526. The third-order valence-corrected chi connectivity index (χ3v) is 3.85. The van der Waals surface area contributed by atoms with Gasteiger partial charge in [-0.3, -0.25) is 0 Å². The molecule has 0 saturated heterocycles. The maximum atomic E-state index is 6.09. The van der Waals surface area contributed by atoms with Crippen molar-refractivity contribution in [1.82, 2.24) is 0 Å². The molecule has 20 heavy (non-hydrogen) atoms. The molecule has 3 heteroatoms. The zero-order valence-electron chi connectivity index (χ0n) is 10.8. The summed E-state index contributed by atoms with van der Waals surface area (Å²) in [4.78, 5) is 4.57. The van der Waals surface area contributed by atoms with Gasteiger partial charge in [-0.05, 0) is 17.5 Å². The molecule has 0 aliphatic heterocycles. The summed E-state index contributed by atoms with van der Waals surface area (Å²) in [5.41, 5.74) is 7.90. The molecule has 0 spiro atoms. The lowest BCUT2D eigenvalue weighted by Crippen LogP contribution is -2.12. The lowest BCUT2D eigenvalue weighted by atomic mass is 10.1. The SMILES string of the molecule is NC(=Nc1ccc(Br)c2ccccc12)c1ccccc1. The van der Waals surface area contributed by atoms with Crippen LogP contribution >= 0.6 is 15.9 Å². The molecule has 0 unspecified atom stereocenters. The predicted molar refractivity (Wildman–Crippen MR) is 88.5 cm³/mol. The van der Waals surface area contributed by atoms with E-state index >= 15 is 0 Å². The molecule has 3 aromatic rings. The standard InChI is InChI=1S/C17H13BrN2/c18-15-10-11-16(14-9-5-4-8-13(14)15)20-17(19)12-6-2-1-3-7-12/h1-11H,(H2,19,20). The highest BCUT2D eigenvalue weighted by molar-refractivity contribution is 9.10. The maximum Gasteiger partial charge on any atom is 0.131 e. The Morgan fingerprint density at radius 1 is 0.800 bits per heavy atom. The number of nitrogens with zero attached hydrogens (tertiary/aromatic N) is 1. The zero-order valence-corrected chi connectivity index (χ0v) is 12.3. The van der Waals surface area contributed by atoms with Crippen molar-refractivity contribution in [2.75, 3.05) is 0 Å². The first-order chi connectivity index (χ1) is 9.75. The normalized spacial score (nSPS) is 11.8. The molecule has 0 aliphatic carbocycles. The van der Waals surface area contributed by atoms with Crippen LogP contribution in [0, 0.1) is 0 Å². The van der Waals surface area contributed by atoms with Crippen molar-refractivity contribution < 1.29 is 0 Å². The van der Waals surface area contributed by atoms with Gasteiger partial charge in [-0.25, -0.2) is 4.99 Å². The lowest BCUT2D eigenvalue weighted by Gasteiger charge is -2.06. The van der Waals surface area contributed by atoms with Crippen molar-refractivity contribution >= 4 is 38.2 Å². The molecule has 0 aromatic heterocycles. The molecule has 0 bridgehead atoms. The quantitative estimate of drug-likeness (QED) is 0.541. The number of aliphatic imine (C=N–C) groups is 1. The summed E-state index contributed by atoms with van der Waals surface area (Å²) in [6.45, 7) is 0. The molecule has 0 fully saturated rings. The third kappa shape index (κ3) is 2.45. The summed E-state index contributed by atoms with van der Waals surface area (Å²) in [6.07, 6.45) is 0. The zero-order chi connectivity index (χ0) is 13.9. The summed E-state index contributed by atoms with van der Waals surface area (Å²) in [5.74, 6) is 0.526. The van der Waals surface area contributed by atoms with Crippen LogP contribution in [-0.4, -0.2) is 5.84 Å². The third-order valence-electron chi connectivity index (χ3n) is 3.16. The van der Waals surface area contributed by atoms with Gasteiger partial charge in [0, 0.05) is 15.4 Å². The molecule has 98 valence electrons. The molecule has 2 N–H and O–H groups in total. The first kappa shape index (κ1) is 12.9. The van der Waals surface area contributed by atoms with Crippen LogP contribution in [0.3, 0.4) is 0 Å². The van der Waals surface area contributed by atoms with Gasteiger partial charge < -0.3 is 5.73 Å². The fraction of sp³-hybridized carbons (Fsp3) is 0. The minimum Gasteiger partial charge on any atom is -0.383 e. The Bertz CT molecular complexity index is 779. The molecule has 0 aliphatic rings. The first-order valence-corrected chi connectivity index (χ1v) is 7.12. The Balaban J connectivity index is 2.14. The maximum absolute atomic E-state index is 6.09. The fourth-order valence-electron chi connectivity index (χ4n) is 2.15. The molecule has 0 atom stereocenters. The van der Waals surface area contributed by atoms with Crippen molar-refractivity contribution in [2.24, 2.45) is 10.7 Å². The largest absolute Gasteiger partial charge is 0.383 e. The van der Waals surface area contributed by atoms with Crippen LogP contribution in [0.2, 0.25) is 0 Å². The van der Waals surface area contributed by atoms with E-state index in [2.05, 4.69) is 33.1 Å². The van der Waals surface area contributed by atoms with E-state index in [0.29, 0.717) is 5.84 Å². The van der Waals surface area contributed by atoms with E-state index in [9.17, 15) is 0 Å². The number of nitrogens with two attached hydrogens (primary N) is 1. The number of halogens is 1. The van der Waals surface area contributed by atoms with Crippen LogP contribution < -0.4 is 5.73 Å². The van der Waals surface area contributed by atoms with Gasteiger partial charge in [0.2, 0.25) is 0 Å². The molecular formula is C17H13BrN2. The number of amidine groups is 1. The smallest absolute Gasteiger partial charge is 0.131 e. The number of hydrogen-bond acceptors (Lipinski definition) is 1. The second-order valence-corrected chi connectivity index (χ2v) is 5.33. The Kier molecular flexibility index (Phi) is 3.52. The average molecular weight is 325 g/mol. The van der Waals surface area contributed by atoms with E-state index in [1.54, 1.807) is 0 Å². The Labute approximate surface area is 126 Å². The molecule has 0 amide bonds. The molecular weight excluding hydrogens is 312 g/mol. The highest BCUT2D eigenvalue weighted by Gasteiger charge is 2.04. The predicted octanol–water partition coefficient (Wildman–Crippen LogP) is 4.64. The van der Waals surface area contributed by atoms with E-state index in [1.165, 1.54) is 0 Å². The van der Waals surface area contributed by atoms with E-state index in [-0.39, 0.29) is 0 Å². The Morgan fingerprint density at radius 3 is 2.20 bits per heavy atom. The second-order valence-electron chi connectivity index (χ2n) is 4.48. The minimum atomic E-state index is 0.526. The van der Waals surface area contributed by atoms with Gasteiger partial charge in [0.05, 0.1) is 5.69 Å². The van der Waals surface area contributed by atoms with Crippen molar-refractivity contribution in [2.45, 2.75) is 0 Å². The van der Waals surface area contributed by atoms with E-state index in [0.717, 1.165) is 26.5 Å². The second kappa shape index (κ2) is 5.47. The fourth-order valence-corrected chi connectivity index (χ4v) is 2.63.